The van der Waals surface area contributed by atoms with Crippen LogP contribution in [-0.4, -0.2) is 6.41 Å². The van der Waals surface area contributed by atoms with Crippen LogP contribution < -0.4 is 5.73 Å². The van der Waals surface area contributed by atoms with E-state index in [0.29, 0.717) is 0 Å². The molecule has 68 valence electrons. The lowest BCUT2D eigenvalue weighted by atomic mass is 10.2. The molecule has 1 heterocycles. The molecule has 0 aromatic carbocycles. The predicted molar refractivity (Wildman–Crippen MR) is 53.3 cm³/mol. The molecule has 0 bridgehead atoms. The van der Waals surface area contributed by atoms with Crippen LogP contribution in [0.4, 0.5) is 0 Å². The maximum atomic E-state index is 8.58. The monoisotopic (exact) mass is 185 g/mol. The fourth-order valence-electron chi connectivity index (χ4n) is 0.992. The minimum atomic E-state index is 0.250. The summed E-state index contributed by atoms with van der Waals surface area (Å²) in [4.78, 5) is 10.1. The Balaban J connectivity index is 0.000000354. The van der Waals surface area contributed by atoms with Crippen molar-refractivity contribution in [3.63, 3.8) is 0 Å². The van der Waals surface area contributed by atoms with Crippen LogP contribution in [0.2, 0.25) is 0 Å². The van der Waals surface area contributed by atoms with E-state index >= 15 is 0 Å². The Hall–Kier alpha value is -0.830. The van der Waals surface area contributed by atoms with Gasteiger partial charge in [-0.1, -0.05) is 13.8 Å². The number of amides is 1. The van der Waals surface area contributed by atoms with E-state index in [9.17, 15) is 0 Å². The molecule has 1 aromatic heterocycles. The second-order valence-electron chi connectivity index (χ2n) is 2.21. The number of carbonyl (C=O) groups is 1. The van der Waals surface area contributed by atoms with Gasteiger partial charge in [-0.15, -0.1) is 11.3 Å². The SMILES string of the molecule is CCc1ccsc1CC.NC=O. The lowest BCUT2D eigenvalue weighted by molar-refractivity contribution is -0.106. The van der Waals surface area contributed by atoms with Crippen molar-refractivity contribution in [1.82, 2.24) is 0 Å². The lowest BCUT2D eigenvalue weighted by Crippen LogP contribution is -1.82. The summed E-state index contributed by atoms with van der Waals surface area (Å²) in [5, 5.41) is 2.18. The Kier molecular flexibility index (Phi) is 6.38. The lowest BCUT2D eigenvalue weighted by Gasteiger charge is -1.93. The molecule has 0 saturated carbocycles. The summed E-state index contributed by atoms with van der Waals surface area (Å²) in [6.07, 6.45) is 2.63. The fourth-order valence-corrected chi connectivity index (χ4v) is 1.92. The second-order valence-corrected chi connectivity index (χ2v) is 3.21. The van der Waals surface area contributed by atoms with Gasteiger partial charge in [0, 0.05) is 4.88 Å². The zero-order chi connectivity index (χ0) is 9.40. The number of aryl methyl sites for hydroxylation is 2. The first-order valence-corrected chi connectivity index (χ1v) is 4.88. The molecule has 0 fully saturated rings. The van der Waals surface area contributed by atoms with Gasteiger partial charge >= 0.3 is 0 Å². The molecular formula is C9H15NOS. The summed E-state index contributed by atoms with van der Waals surface area (Å²) in [6.45, 7) is 4.42. The fraction of sp³-hybridized carbons (Fsp3) is 0.444. The first kappa shape index (κ1) is 11.2. The largest absolute Gasteiger partial charge is 0.372 e. The molecule has 0 aliphatic carbocycles. The standard InChI is InChI=1S/C8H12S.CH3NO/c1-3-7-5-6-9-8(7)4-2;2-1-3/h5-6H,3-4H2,1-2H3;1H,(H2,2,3). The van der Waals surface area contributed by atoms with Crippen molar-refractivity contribution in [2.45, 2.75) is 26.7 Å². The van der Waals surface area contributed by atoms with Crippen LogP contribution in [0.25, 0.3) is 0 Å². The van der Waals surface area contributed by atoms with Crippen LogP contribution >= 0.6 is 11.3 Å². The maximum absolute atomic E-state index is 8.58. The molecule has 0 radical (unpaired) electrons. The van der Waals surface area contributed by atoms with E-state index in [4.69, 9.17) is 4.79 Å². The number of carbonyl (C=O) groups excluding carboxylic acids is 1. The van der Waals surface area contributed by atoms with Crippen LogP contribution in [0.3, 0.4) is 0 Å². The maximum Gasteiger partial charge on any atom is 0.204 e. The van der Waals surface area contributed by atoms with E-state index < -0.39 is 0 Å². The van der Waals surface area contributed by atoms with E-state index in [1.807, 2.05) is 11.3 Å². The van der Waals surface area contributed by atoms with Crippen molar-refractivity contribution < 1.29 is 4.79 Å². The minimum absolute atomic E-state index is 0.250. The van der Waals surface area contributed by atoms with Crippen molar-refractivity contribution in [3.05, 3.63) is 21.9 Å². The molecule has 0 atom stereocenters. The van der Waals surface area contributed by atoms with E-state index in [0.717, 1.165) is 0 Å². The second kappa shape index (κ2) is 6.85. The summed E-state index contributed by atoms with van der Waals surface area (Å²) in [5.74, 6) is 0. The zero-order valence-corrected chi connectivity index (χ0v) is 8.36. The zero-order valence-electron chi connectivity index (χ0n) is 7.54. The normalized spacial score (nSPS) is 8.50. The number of hydrogen-bond donors (Lipinski definition) is 1. The highest BCUT2D eigenvalue weighted by atomic mass is 32.1. The molecule has 1 amide bonds. The molecule has 1 aromatic rings. The number of rotatable bonds is 2. The summed E-state index contributed by atoms with van der Waals surface area (Å²) in [6, 6.07) is 2.23. The van der Waals surface area contributed by atoms with Crippen molar-refractivity contribution in [2.75, 3.05) is 0 Å². The van der Waals surface area contributed by atoms with Gasteiger partial charge in [0.2, 0.25) is 6.41 Å². The summed E-state index contributed by atoms with van der Waals surface area (Å²) in [7, 11) is 0. The highest BCUT2D eigenvalue weighted by molar-refractivity contribution is 7.10. The number of nitrogens with two attached hydrogens (primary N) is 1. The molecular weight excluding hydrogens is 170 g/mol. The van der Waals surface area contributed by atoms with Crippen LogP contribution in [0.1, 0.15) is 24.3 Å². The average molecular weight is 185 g/mol. The third kappa shape index (κ3) is 3.53. The Labute approximate surface area is 77.4 Å². The molecule has 0 aliphatic rings. The van der Waals surface area contributed by atoms with Gasteiger partial charge in [-0.25, -0.2) is 0 Å². The highest BCUT2D eigenvalue weighted by Gasteiger charge is 1.96. The summed E-state index contributed by atoms with van der Waals surface area (Å²) >= 11 is 1.87. The number of hydrogen-bond acceptors (Lipinski definition) is 2. The summed E-state index contributed by atoms with van der Waals surface area (Å²) in [5.41, 5.74) is 5.70. The molecule has 0 spiro atoms. The highest BCUT2D eigenvalue weighted by Crippen LogP contribution is 2.16. The van der Waals surface area contributed by atoms with Crippen LogP contribution in [0.5, 0.6) is 0 Å². The van der Waals surface area contributed by atoms with E-state index in [2.05, 4.69) is 31.0 Å². The molecule has 1 rings (SSSR count). The van der Waals surface area contributed by atoms with Gasteiger partial charge in [0.25, 0.3) is 0 Å². The first-order chi connectivity index (χ1) is 5.79. The van der Waals surface area contributed by atoms with E-state index in [-0.39, 0.29) is 6.41 Å². The van der Waals surface area contributed by atoms with E-state index in [1.54, 1.807) is 4.88 Å². The van der Waals surface area contributed by atoms with Gasteiger partial charge in [-0.3, -0.25) is 4.79 Å². The van der Waals surface area contributed by atoms with Gasteiger partial charge in [0.05, 0.1) is 0 Å². The van der Waals surface area contributed by atoms with Crippen LogP contribution in [0, 0.1) is 0 Å². The molecule has 3 heteroatoms. The molecule has 12 heavy (non-hydrogen) atoms. The Morgan fingerprint density at radius 3 is 2.42 bits per heavy atom. The third-order valence-corrected chi connectivity index (χ3v) is 2.65. The molecule has 0 unspecified atom stereocenters. The van der Waals surface area contributed by atoms with Gasteiger partial charge < -0.3 is 5.73 Å². The Bertz CT molecular complexity index is 202. The first-order valence-electron chi connectivity index (χ1n) is 4.00. The van der Waals surface area contributed by atoms with Crippen LogP contribution in [-0.2, 0) is 17.6 Å². The smallest absolute Gasteiger partial charge is 0.204 e. The molecule has 2 nitrogen and oxygen atoms in total. The van der Waals surface area contributed by atoms with E-state index in [1.165, 1.54) is 18.4 Å². The number of primary amides is 1. The Morgan fingerprint density at radius 1 is 1.50 bits per heavy atom. The van der Waals surface area contributed by atoms with Gasteiger partial charge in [0.15, 0.2) is 0 Å². The average Bonchev–Trinajstić information content (AvgIpc) is 2.52. The molecule has 0 aliphatic heterocycles. The quantitative estimate of drug-likeness (QED) is 0.703. The summed E-state index contributed by atoms with van der Waals surface area (Å²) < 4.78 is 0. The Morgan fingerprint density at radius 2 is 2.08 bits per heavy atom. The van der Waals surface area contributed by atoms with Crippen molar-refractivity contribution in [2.24, 2.45) is 5.73 Å². The number of thiophene rings is 1. The minimum Gasteiger partial charge on any atom is -0.372 e. The van der Waals surface area contributed by atoms with Gasteiger partial charge in [-0.2, -0.15) is 0 Å². The van der Waals surface area contributed by atoms with Crippen LogP contribution in [0.15, 0.2) is 11.4 Å². The topological polar surface area (TPSA) is 43.1 Å². The molecule has 2 N–H and O–H groups in total. The third-order valence-electron chi connectivity index (χ3n) is 1.54. The van der Waals surface area contributed by atoms with Crippen molar-refractivity contribution >= 4 is 17.7 Å². The van der Waals surface area contributed by atoms with Gasteiger partial charge in [-0.05, 0) is 29.9 Å². The molecule has 0 saturated heterocycles. The van der Waals surface area contributed by atoms with Crippen molar-refractivity contribution in [1.29, 1.82) is 0 Å². The van der Waals surface area contributed by atoms with Gasteiger partial charge in [0.1, 0.15) is 0 Å². The predicted octanol–water partition coefficient (Wildman–Crippen LogP) is 1.97. The van der Waals surface area contributed by atoms with Crippen molar-refractivity contribution in [3.8, 4) is 0 Å².